The lowest BCUT2D eigenvalue weighted by Gasteiger charge is -2.08. The first-order valence-corrected chi connectivity index (χ1v) is 7.10. The molecule has 0 atom stereocenters. The second kappa shape index (κ2) is 5.78. The van der Waals surface area contributed by atoms with Gasteiger partial charge in [-0.3, -0.25) is 5.10 Å². The molecule has 1 heterocycles. The van der Waals surface area contributed by atoms with Gasteiger partial charge in [0.05, 0.1) is 17.7 Å². The maximum absolute atomic E-state index is 9.20. The molecule has 2 N–H and O–H groups in total. The minimum absolute atomic E-state index is 0.500. The number of H-pyrrole nitrogens is 1. The molecule has 0 spiro atoms. The lowest BCUT2D eigenvalue weighted by Crippen LogP contribution is -1.96. The zero-order valence-corrected chi connectivity index (χ0v) is 12.5. The van der Waals surface area contributed by atoms with Gasteiger partial charge in [-0.1, -0.05) is 18.2 Å². The van der Waals surface area contributed by atoms with Gasteiger partial charge in [-0.05, 0) is 37.6 Å². The Morgan fingerprint density at radius 3 is 2.86 bits per heavy atom. The molecule has 3 rings (SSSR count). The minimum atomic E-state index is 0.500. The van der Waals surface area contributed by atoms with Crippen LogP contribution in [0.5, 0.6) is 5.75 Å². The first-order chi connectivity index (χ1) is 10.7. The number of rotatable bonds is 4. The van der Waals surface area contributed by atoms with Crippen molar-refractivity contribution in [3.8, 4) is 11.8 Å². The van der Waals surface area contributed by atoms with Crippen LogP contribution >= 0.6 is 0 Å². The van der Waals surface area contributed by atoms with E-state index in [4.69, 9.17) is 4.74 Å². The van der Waals surface area contributed by atoms with Gasteiger partial charge in [0.15, 0.2) is 5.82 Å². The predicted molar refractivity (Wildman–Crippen MR) is 86.4 cm³/mol. The molecule has 5 nitrogen and oxygen atoms in total. The van der Waals surface area contributed by atoms with E-state index in [0.29, 0.717) is 17.9 Å². The van der Waals surface area contributed by atoms with Crippen molar-refractivity contribution in [2.45, 2.75) is 13.8 Å². The molecule has 0 aliphatic heterocycles. The summed E-state index contributed by atoms with van der Waals surface area (Å²) in [6, 6.07) is 13.8. The summed E-state index contributed by atoms with van der Waals surface area (Å²) in [5.74, 6) is 1.29. The van der Waals surface area contributed by atoms with E-state index in [1.54, 1.807) is 6.07 Å². The van der Waals surface area contributed by atoms with Crippen LogP contribution in [0.2, 0.25) is 0 Å². The average Bonchev–Trinajstić information content (AvgIpc) is 2.91. The van der Waals surface area contributed by atoms with Crippen LogP contribution < -0.4 is 10.1 Å². The summed E-state index contributed by atoms with van der Waals surface area (Å²) in [7, 11) is 0. The van der Waals surface area contributed by atoms with Crippen LogP contribution in [0.1, 0.15) is 18.1 Å². The van der Waals surface area contributed by atoms with E-state index < -0.39 is 0 Å². The zero-order chi connectivity index (χ0) is 15.5. The van der Waals surface area contributed by atoms with Gasteiger partial charge in [0.1, 0.15) is 11.8 Å². The number of hydrogen-bond acceptors (Lipinski definition) is 4. The Bertz CT molecular complexity index is 861. The number of para-hydroxylation sites is 1. The normalized spacial score (nSPS) is 10.4. The molecule has 22 heavy (non-hydrogen) atoms. The molecular weight excluding hydrogens is 276 g/mol. The van der Waals surface area contributed by atoms with Crippen molar-refractivity contribution < 1.29 is 4.74 Å². The summed E-state index contributed by atoms with van der Waals surface area (Å²) in [5.41, 5.74) is 3.44. The molecule has 0 radical (unpaired) electrons. The second-order valence-electron chi connectivity index (χ2n) is 4.95. The smallest absolute Gasteiger partial charge is 0.160 e. The third-order valence-corrected chi connectivity index (χ3v) is 3.48. The Labute approximate surface area is 128 Å². The number of aromatic nitrogens is 2. The zero-order valence-electron chi connectivity index (χ0n) is 12.5. The number of nitrogens with zero attached hydrogens (tertiary/aromatic N) is 2. The lowest BCUT2D eigenvalue weighted by atomic mass is 10.1. The topological polar surface area (TPSA) is 73.7 Å². The third kappa shape index (κ3) is 2.47. The van der Waals surface area contributed by atoms with Gasteiger partial charge in [-0.25, -0.2) is 0 Å². The molecule has 0 amide bonds. The average molecular weight is 292 g/mol. The van der Waals surface area contributed by atoms with Crippen molar-refractivity contribution in [3.05, 3.63) is 47.5 Å². The highest BCUT2D eigenvalue weighted by molar-refractivity contribution is 5.93. The van der Waals surface area contributed by atoms with Crippen molar-refractivity contribution in [2.24, 2.45) is 0 Å². The van der Waals surface area contributed by atoms with E-state index >= 15 is 0 Å². The highest BCUT2D eigenvalue weighted by Gasteiger charge is 2.12. The summed E-state index contributed by atoms with van der Waals surface area (Å²) < 4.78 is 5.54. The van der Waals surface area contributed by atoms with E-state index in [0.717, 1.165) is 28.0 Å². The van der Waals surface area contributed by atoms with E-state index in [2.05, 4.69) is 21.6 Å². The fourth-order valence-electron chi connectivity index (χ4n) is 2.34. The summed E-state index contributed by atoms with van der Waals surface area (Å²) >= 11 is 0. The molecule has 0 saturated carbocycles. The number of aromatic amines is 1. The maximum Gasteiger partial charge on any atom is 0.160 e. The standard InChI is InChI=1S/C17H16N4O/c1-3-22-16-9-13-15(8-12(16)10-18)20-21-17(13)19-14-7-5-4-6-11(14)2/h4-9H,3H2,1-2H3,(H2,19,20,21). The van der Waals surface area contributed by atoms with Gasteiger partial charge < -0.3 is 10.1 Å². The SMILES string of the molecule is CCOc1cc2c(Nc3ccccc3C)n[nH]c2cc1C#N. The fraction of sp³-hybridized carbons (Fsp3) is 0.176. The van der Waals surface area contributed by atoms with Crippen LogP contribution in [0, 0.1) is 18.3 Å². The van der Waals surface area contributed by atoms with Crippen LogP contribution in [-0.2, 0) is 0 Å². The van der Waals surface area contributed by atoms with Crippen molar-refractivity contribution >= 4 is 22.4 Å². The summed E-state index contributed by atoms with van der Waals surface area (Å²) in [5, 5.41) is 20.7. The molecule has 2 aromatic carbocycles. The van der Waals surface area contributed by atoms with Gasteiger partial charge in [0, 0.05) is 11.1 Å². The first kappa shape index (κ1) is 14.0. The highest BCUT2D eigenvalue weighted by Crippen LogP contribution is 2.31. The van der Waals surface area contributed by atoms with Gasteiger partial charge in [0.25, 0.3) is 0 Å². The first-order valence-electron chi connectivity index (χ1n) is 7.10. The molecule has 0 unspecified atom stereocenters. The molecule has 110 valence electrons. The Kier molecular flexibility index (Phi) is 3.67. The van der Waals surface area contributed by atoms with E-state index in [9.17, 15) is 5.26 Å². The van der Waals surface area contributed by atoms with E-state index in [1.807, 2.05) is 44.2 Å². The Morgan fingerprint density at radius 2 is 2.14 bits per heavy atom. The Balaban J connectivity index is 2.06. The number of ether oxygens (including phenoxy) is 1. The van der Waals surface area contributed by atoms with Crippen LogP contribution in [-0.4, -0.2) is 16.8 Å². The van der Waals surface area contributed by atoms with Crippen LogP contribution in [0.15, 0.2) is 36.4 Å². The van der Waals surface area contributed by atoms with Gasteiger partial charge in [-0.2, -0.15) is 10.4 Å². The molecule has 3 aromatic rings. The molecule has 5 heteroatoms. The number of nitrogens with one attached hydrogen (secondary N) is 2. The number of hydrogen-bond donors (Lipinski definition) is 2. The Morgan fingerprint density at radius 1 is 1.32 bits per heavy atom. The molecule has 0 bridgehead atoms. The second-order valence-corrected chi connectivity index (χ2v) is 4.95. The summed E-state index contributed by atoms with van der Waals surface area (Å²) in [6.45, 7) is 4.45. The third-order valence-electron chi connectivity index (χ3n) is 3.48. The van der Waals surface area contributed by atoms with Crippen LogP contribution in [0.3, 0.4) is 0 Å². The number of benzene rings is 2. The van der Waals surface area contributed by atoms with Crippen molar-refractivity contribution in [1.29, 1.82) is 5.26 Å². The molecular formula is C17H16N4O. The Hall–Kier alpha value is -3.00. The van der Waals surface area contributed by atoms with Crippen LogP contribution in [0.25, 0.3) is 10.9 Å². The van der Waals surface area contributed by atoms with Gasteiger partial charge in [-0.15, -0.1) is 0 Å². The van der Waals surface area contributed by atoms with Crippen molar-refractivity contribution in [3.63, 3.8) is 0 Å². The van der Waals surface area contributed by atoms with Crippen LogP contribution in [0.4, 0.5) is 11.5 Å². The van der Waals surface area contributed by atoms with E-state index in [1.165, 1.54) is 0 Å². The highest BCUT2D eigenvalue weighted by atomic mass is 16.5. The van der Waals surface area contributed by atoms with Crippen molar-refractivity contribution in [1.82, 2.24) is 10.2 Å². The van der Waals surface area contributed by atoms with E-state index in [-0.39, 0.29) is 0 Å². The lowest BCUT2D eigenvalue weighted by molar-refractivity contribution is 0.340. The number of nitriles is 1. The minimum Gasteiger partial charge on any atom is -0.492 e. The van der Waals surface area contributed by atoms with Gasteiger partial charge in [0.2, 0.25) is 0 Å². The molecule has 0 aliphatic carbocycles. The molecule has 0 saturated heterocycles. The summed E-state index contributed by atoms with van der Waals surface area (Å²) in [6.07, 6.45) is 0. The number of anilines is 2. The number of fused-ring (bicyclic) bond motifs is 1. The largest absolute Gasteiger partial charge is 0.492 e. The quantitative estimate of drug-likeness (QED) is 0.765. The molecule has 0 fully saturated rings. The maximum atomic E-state index is 9.20. The summed E-state index contributed by atoms with van der Waals surface area (Å²) in [4.78, 5) is 0. The van der Waals surface area contributed by atoms with Gasteiger partial charge >= 0.3 is 0 Å². The molecule has 0 aliphatic rings. The fourth-order valence-corrected chi connectivity index (χ4v) is 2.34. The monoisotopic (exact) mass is 292 g/mol. The van der Waals surface area contributed by atoms with Crippen molar-refractivity contribution in [2.75, 3.05) is 11.9 Å². The predicted octanol–water partition coefficient (Wildman–Crippen LogP) is 3.89. The number of aryl methyl sites for hydroxylation is 1. The molecule has 1 aromatic heterocycles.